The molecule has 1 heterocycles. The predicted molar refractivity (Wildman–Crippen MR) is 74.1 cm³/mol. The topological polar surface area (TPSA) is 76.5 Å². The van der Waals surface area contributed by atoms with Gasteiger partial charge < -0.3 is 9.84 Å². The van der Waals surface area contributed by atoms with Gasteiger partial charge >= 0.3 is 11.9 Å². The van der Waals surface area contributed by atoms with Crippen LogP contribution in [-0.4, -0.2) is 28.6 Å². The molecule has 5 nitrogen and oxygen atoms in total. The number of aromatic nitrogens is 1. The second-order valence-corrected chi connectivity index (χ2v) is 5.39. The van der Waals surface area contributed by atoms with Crippen LogP contribution in [0, 0.1) is 17.2 Å². The summed E-state index contributed by atoms with van der Waals surface area (Å²) in [5, 5.41) is 9.59. The lowest BCUT2D eigenvalue weighted by molar-refractivity contribution is -0.170. The molecule has 1 unspecified atom stereocenters. The van der Waals surface area contributed by atoms with Gasteiger partial charge in [-0.3, -0.25) is 14.6 Å². The SMILES string of the molecule is CCOC(=O)C(Cc1cncc(F)c1)(CC(C)C)C(=O)O. The Hall–Kier alpha value is -1.98. The summed E-state index contributed by atoms with van der Waals surface area (Å²) in [5.74, 6) is -2.67. The number of aliphatic carboxylic acids is 1. The van der Waals surface area contributed by atoms with Crippen LogP contribution in [0.4, 0.5) is 4.39 Å². The van der Waals surface area contributed by atoms with Crippen LogP contribution in [0.15, 0.2) is 18.5 Å². The molecule has 6 heteroatoms. The third kappa shape index (κ3) is 4.24. The number of pyridine rings is 1. The van der Waals surface area contributed by atoms with Gasteiger partial charge in [-0.05, 0) is 30.9 Å². The molecule has 0 radical (unpaired) electrons. The predicted octanol–water partition coefficient (Wildman–Crippen LogP) is 2.44. The van der Waals surface area contributed by atoms with Crippen molar-refractivity contribution in [3.8, 4) is 0 Å². The maximum Gasteiger partial charge on any atom is 0.323 e. The van der Waals surface area contributed by atoms with Crippen LogP contribution in [0.3, 0.4) is 0 Å². The van der Waals surface area contributed by atoms with Gasteiger partial charge in [0.05, 0.1) is 12.8 Å². The standard InChI is InChI=1S/C15H20FNO4/c1-4-21-14(20)15(13(18)19,6-10(2)3)7-11-5-12(16)9-17-8-11/h5,8-10H,4,6-7H2,1-3H3,(H,18,19). The zero-order valence-electron chi connectivity index (χ0n) is 12.4. The Morgan fingerprint density at radius 2 is 2.10 bits per heavy atom. The highest BCUT2D eigenvalue weighted by atomic mass is 19.1. The van der Waals surface area contributed by atoms with Crippen molar-refractivity contribution in [2.24, 2.45) is 11.3 Å². The maximum absolute atomic E-state index is 13.2. The van der Waals surface area contributed by atoms with Crippen LogP contribution < -0.4 is 0 Å². The lowest BCUT2D eigenvalue weighted by Gasteiger charge is -2.28. The van der Waals surface area contributed by atoms with E-state index in [1.165, 1.54) is 12.3 Å². The minimum Gasteiger partial charge on any atom is -0.480 e. The van der Waals surface area contributed by atoms with Crippen LogP contribution >= 0.6 is 0 Å². The second kappa shape index (κ2) is 7.15. The fraction of sp³-hybridized carbons (Fsp3) is 0.533. The van der Waals surface area contributed by atoms with Crippen molar-refractivity contribution in [1.82, 2.24) is 4.98 Å². The number of halogens is 1. The molecule has 0 aliphatic carbocycles. The molecule has 0 spiro atoms. The average molecular weight is 297 g/mol. The molecule has 1 aromatic rings. The van der Waals surface area contributed by atoms with Crippen molar-refractivity contribution in [2.75, 3.05) is 6.61 Å². The molecule has 21 heavy (non-hydrogen) atoms. The smallest absolute Gasteiger partial charge is 0.323 e. The van der Waals surface area contributed by atoms with E-state index in [2.05, 4.69) is 4.98 Å². The minimum absolute atomic E-state index is 0.0352. The lowest BCUT2D eigenvalue weighted by atomic mass is 9.75. The van der Waals surface area contributed by atoms with Crippen LogP contribution in [0.2, 0.25) is 0 Å². The summed E-state index contributed by atoms with van der Waals surface area (Å²) < 4.78 is 18.2. The Morgan fingerprint density at radius 3 is 2.57 bits per heavy atom. The van der Waals surface area contributed by atoms with Crippen LogP contribution in [-0.2, 0) is 20.7 Å². The molecular weight excluding hydrogens is 277 g/mol. The number of hydrogen-bond donors (Lipinski definition) is 1. The fourth-order valence-corrected chi connectivity index (χ4v) is 2.35. The van der Waals surface area contributed by atoms with Gasteiger partial charge in [-0.1, -0.05) is 13.8 Å². The number of rotatable bonds is 7. The van der Waals surface area contributed by atoms with E-state index >= 15 is 0 Å². The number of hydrogen-bond acceptors (Lipinski definition) is 4. The average Bonchev–Trinajstić information content (AvgIpc) is 2.37. The normalized spacial score (nSPS) is 13.8. The lowest BCUT2D eigenvalue weighted by Crippen LogP contribution is -2.43. The summed E-state index contributed by atoms with van der Waals surface area (Å²) in [7, 11) is 0. The van der Waals surface area contributed by atoms with Crippen molar-refractivity contribution in [2.45, 2.75) is 33.6 Å². The Kier molecular flexibility index (Phi) is 5.81. The van der Waals surface area contributed by atoms with E-state index in [9.17, 15) is 19.1 Å². The zero-order valence-corrected chi connectivity index (χ0v) is 12.4. The third-order valence-electron chi connectivity index (χ3n) is 3.10. The van der Waals surface area contributed by atoms with Gasteiger partial charge in [0, 0.05) is 12.6 Å². The number of nitrogens with zero attached hydrogens (tertiary/aromatic N) is 1. The molecule has 0 saturated heterocycles. The number of carbonyl (C=O) groups is 2. The van der Waals surface area contributed by atoms with Crippen molar-refractivity contribution < 1.29 is 23.8 Å². The first kappa shape index (κ1) is 17.1. The maximum atomic E-state index is 13.2. The summed E-state index contributed by atoms with van der Waals surface area (Å²) in [4.78, 5) is 27.7. The molecule has 1 atom stereocenters. The van der Waals surface area contributed by atoms with Crippen molar-refractivity contribution >= 4 is 11.9 Å². The van der Waals surface area contributed by atoms with Gasteiger partial charge in [-0.25, -0.2) is 4.39 Å². The number of carboxylic acids is 1. The number of carbonyl (C=O) groups excluding carboxylic acids is 1. The van der Waals surface area contributed by atoms with Crippen molar-refractivity contribution in [1.29, 1.82) is 0 Å². The summed E-state index contributed by atoms with van der Waals surface area (Å²) >= 11 is 0. The van der Waals surface area contributed by atoms with E-state index in [1.807, 2.05) is 13.8 Å². The van der Waals surface area contributed by atoms with Gasteiger partial charge in [0.25, 0.3) is 0 Å². The monoisotopic (exact) mass is 297 g/mol. The van der Waals surface area contributed by atoms with Gasteiger partial charge in [0.2, 0.25) is 0 Å². The minimum atomic E-state index is -1.72. The van der Waals surface area contributed by atoms with E-state index in [0.29, 0.717) is 5.56 Å². The van der Waals surface area contributed by atoms with E-state index in [0.717, 1.165) is 6.20 Å². The van der Waals surface area contributed by atoms with Crippen LogP contribution in [0.25, 0.3) is 0 Å². The Morgan fingerprint density at radius 1 is 1.43 bits per heavy atom. The zero-order chi connectivity index (χ0) is 16.0. The molecule has 0 aliphatic heterocycles. The molecule has 0 amide bonds. The first-order valence-electron chi connectivity index (χ1n) is 6.82. The van der Waals surface area contributed by atoms with E-state index in [4.69, 9.17) is 4.74 Å². The van der Waals surface area contributed by atoms with Crippen LogP contribution in [0.1, 0.15) is 32.8 Å². The molecule has 1 N–H and O–H groups in total. The number of esters is 1. The van der Waals surface area contributed by atoms with E-state index in [-0.39, 0.29) is 25.4 Å². The van der Waals surface area contributed by atoms with Gasteiger partial charge in [-0.15, -0.1) is 0 Å². The van der Waals surface area contributed by atoms with Crippen LogP contribution in [0.5, 0.6) is 0 Å². The number of ether oxygens (including phenoxy) is 1. The van der Waals surface area contributed by atoms with Gasteiger partial charge in [0.1, 0.15) is 5.82 Å². The van der Waals surface area contributed by atoms with Gasteiger partial charge in [0.15, 0.2) is 5.41 Å². The highest BCUT2D eigenvalue weighted by Gasteiger charge is 2.48. The number of carboxylic acid groups (broad SMARTS) is 1. The summed E-state index contributed by atoms with van der Waals surface area (Å²) in [6.07, 6.45) is 2.35. The van der Waals surface area contributed by atoms with Gasteiger partial charge in [-0.2, -0.15) is 0 Å². The molecule has 116 valence electrons. The Bertz CT molecular complexity index is 518. The first-order chi connectivity index (χ1) is 9.81. The van der Waals surface area contributed by atoms with Crippen molar-refractivity contribution in [3.63, 3.8) is 0 Å². The van der Waals surface area contributed by atoms with E-state index in [1.54, 1.807) is 6.92 Å². The molecule has 0 aromatic carbocycles. The van der Waals surface area contributed by atoms with E-state index < -0.39 is 23.2 Å². The molecule has 0 saturated carbocycles. The molecule has 1 aromatic heterocycles. The molecule has 0 aliphatic rings. The summed E-state index contributed by atoms with van der Waals surface area (Å²) in [6.45, 7) is 5.35. The molecule has 0 bridgehead atoms. The quantitative estimate of drug-likeness (QED) is 0.618. The molecule has 1 rings (SSSR count). The summed E-state index contributed by atoms with van der Waals surface area (Å²) in [6, 6.07) is 1.18. The van der Waals surface area contributed by atoms with Crippen molar-refractivity contribution in [3.05, 3.63) is 29.8 Å². The largest absolute Gasteiger partial charge is 0.480 e. The highest BCUT2D eigenvalue weighted by molar-refractivity contribution is 5.99. The fourth-order valence-electron chi connectivity index (χ4n) is 2.35. The molecular formula is C15H20FNO4. The Balaban J connectivity index is 3.21. The Labute approximate surface area is 123 Å². The second-order valence-electron chi connectivity index (χ2n) is 5.39. The highest BCUT2D eigenvalue weighted by Crippen LogP contribution is 2.33. The molecule has 0 fully saturated rings. The summed E-state index contributed by atoms with van der Waals surface area (Å²) in [5.41, 5.74) is -1.37. The first-order valence-corrected chi connectivity index (χ1v) is 6.82. The third-order valence-corrected chi connectivity index (χ3v) is 3.10.